The summed E-state index contributed by atoms with van der Waals surface area (Å²) >= 11 is 0. The first-order chi connectivity index (χ1) is 5.92. The molecule has 0 radical (unpaired) electrons. The zero-order valence-corrected chi connectivity index (χ0v) is 7.79. The number of rotatable bonds is 4. The lowest BCUT2D eigenvalue weighted by molar-refractivity contribution is 0.0235. The van der Waals surface area contributed by atoms with Gasteiger partial charge in [-0.25, -0.2) is 0 Å². The van der Waals surface area contributed by atoms with Gasteiger partial charge in [0.05, 0.1) is 12.2 Å². The summed E-state index contributed by atoms with van der Waals surface area (Å²) in [4.78, 5) is 0. The van der Waals surface area contributed by atoms with Crippen molar-refractivity contribution in [1.29, 1.82) is 0 Å². The van der Waals surface area contributed by atoms with Gasteiger partial charge in [0, 0.05) is 6.61 Å². The number of unbranched alkanes of at least 4 members (excludes halogenated alkanes) is 1. The topological polar surface area (TPSA) is 21.8 Å². The predicted molar refractivity (Wildman–Crippen MR) is 47.2 cm³/mol. The number of hydrogen-bond acceptors (Lipinski definition) is 2. The van der Waals surface area contributed by atoms with Crippen molar-refractivity contribution in [1.82, 2.24) is 0 Å². The number of fused-ring (bicyclic) bond motifs is 1. The summed E-state index contributed by atoms with van der Waals surface area (Å²) < 4.78 is 11.2. The second kappa shape index (κ2) is 3.75. The van der Waals surface area contributed by atoms with Gasteiger partial charge in [0.15, 0.2) is 0 Å². The van der Waals surface area contributed by atoms with Crippen LogP contribution in [-0.2, 0) is 9.47 Å². The van der Waals surface area contributed by atoms with Crippen LogP contribution >= 0.6 is 0 Å². The van der Waals surface area contributed by atoms with E-state index in [2.05, 4.69) is 6.92 Å². The first-order valence-electron chi connectivity index (χ1n) is 5.19. The van der Waals surface area contributed by atoms with Crippen molar-refractivity contribution in [2.24, 2.45) is 0 Å². The first-order valence-corrected chi connectivity index (χ1v) is 5.19. The molecule has 2 nitrogen and oxygen atoms in total. The third-order valence-corrected chi connectivity index (χ3v) is 2.80. The lowest BCUT2D eigenvalue weighted by atomic mass is 9.98. The standard InChI is InChI=1S/C10H18O2/c1-2-3-7-11-8-5-4-6-9-10(8)12-9/h8-10H,2-7H2,1H3/t8-,9+,10-/m0/s1. The largest absolute Gasteiger partial charge is 0.375 e. The average molecular weight is 170 g/mol. The second-order valence-electron chi connectivity index (χ2n) is 3.83. The van der Waals surface area contributed by atoms with E-state index in [4.69, 9.17) is 9.47 Å². The Morgan fingerprint density at radius 3 is 3.17 bits per heavy atom. The Morgan fingerprint density at radius 1 is 1.42 bits per heavy atom. The van der Waals surface area contributed by atoms with Gasteiger partial charge in [0.25, 0.3) is 0 Å². The quantitative estimate of drug-likeness (QED) is 0.476. The van der Waals surface area contributed by atoms with E-state index < -0.39 is 0 Å². The fraction of sp³-hybridized carbons (Fsp3) is 1.00. The van der Waals surface area contributed by atoms with E-state index in [9.17, 15) is 0 Å². The van der Waals surface area contributed by atoms with Crippen LogP contribution in [0.1, 0.15) is 39.0 Å². The Kier molecular flexibility index (Phi) is 2.66. The van der Waals surface area contributed by atoms with E-state index in [1.165, 1.54) is 32.1 Å². The molecule has 0 bridgehead atoms. The first kappa shape index (κ1) is 8.52. The van der Waals surface area contributed by atoms with Crippen LogP contribution in [0.15, 0.2) is 0 Å². The molecule has 1 aliphatic carbocycles. The smallest absolute Gasteiger partial charge is 0.110 e. The summed E-state index contributed by atoms with van der Waals surface area (Å²) in [5.74, 6) is 0. The lowest BCUT2D eigenvalue weighted by Gasteiger charge is -2.18. The summed E-state index contributed by atoms with van der Waals surface area (Å²) in [6.45, 7) is 3.12. The highest BCUT2D eigenvalue weighted by Crippen LogP contribution is 2.38. The molecule has 0 unspecified atom stereocenters. The van der Waals surface area contributed by atoms with E-state index in [0.717, 1.165) is 6.61 Å². The molecule has 0 N–H and O–H groups in total. The molecule has 3 atom stereocenters. The summed E-state index contributed by atoms with van der Waals surface area (Å²) in [6, 6.07) is 0. The van der Waals surface area contributed by atoms with Crippen LogP contribution in [0.2, 0.25) is 0 Å². The van der Waals surface area contributed by atoms with E-state index in [1.54, 1.807) is 0 Å². The highest BCUT2D eigenvalue weighted by molar-refractivity contribution is 4.95. The van der Waals surface area contributed by atoms with Crippen molar-refractivity contribution in [3.63, 3.8) is 0 Å². The van der Waals surface area contributed by atoms with Gasteiger partial charge in [-0.2, -0.15) is 0 Å². The van der Waals surface area contributed by atoms with Gasteiger partial charge < -0.3 is 9.47 Å². The number of epoxide rings is 1. The van der Waals surface area contributed by atoms with Crippen LogP contribution in [0.4, 0.5) is 0 Å². The third-order valence-electron chi connectivity index (χ3n) is 2.80. The summed E-state index contributed by atoms with van der Waals surface area (Å²) in [5.41, 5.74) is 0. The van der Waals surface area contributed by atoms with Crippen molar-refractivity contribution in [2.45, 2.75) is 57.3 Å². The molecule has 2 fully saturated rings. The molecule has 1 saturated carbocycles. The van der Waals surface area contributed by atoms with Crippen LogP contribution in [0.25, 0.3) is 0 Å². The van der Waals surface area contributed by atoms with Crippen molar-refractivity contribution in [3.8, 4) is 0 Å². The van der Waals surface area contributed by atoms with Gasteiger partial charge in [-0.15, -0.1) is 0 Å². The highest BCUT2D eigenvalue weighted by Gasteiger charge is 2.47. The van der Waals surface area contributed by atoms with Crippen LogP contribution in [0.3, 0.4) is 0 Å². The minimum Gasteiger partial charge on any atom is -0.375 e. The van der Waals surface area contributed by atoms with Crippen LogP contribution in [-0.4, -0.2) is 24.9 Å². The molecule has 0 amide bonds. The van der Waals surface area contributed by atoms with Gasteiger partial charge in [-0.1, -0.05) is 13.3 Å². The molecular weight excluding hydrogens is 152 g/mol. The number of hydrogen-bond donors (Lipinski definition) is 0. The van der Waals surface area contributed by atoms with E-state index in [-0.39, 0.29) is 0 Å². The molecule has 2 rings (SSSR count). The zero-order valence-electron chi connectivity index (χ0n) is 7.79. The molecule has 0 spiro atoms. The molecule has 70 valence electrons. The predicted octanol–water partition coefficient (Wildman–Crippen LogP) is 2.12. The minimum absolute atomic E-state index is 0.426. The maximum atomic E-state index is 5.75. The fourth-order valence-corrected chi connectivity index (χ4v) is 1.96. The summed E-state index contributed by atoms with van der Waals surface area (Å²) in [7, 11) is 0. The zero-order chi connectivity index (χ0) is 8.39. The van der Waals surface area contributed by atoms with Crippen LogP contribution in [0, 0.1) is 0 Å². The highest BCUT2D eigenvalue weighted by atomic mass is 16.6. The molecule has 0 aromatic heterocycles. The fourth-order valence-electron chi connectivity index (χ4n) is 1.96. The Hall–Kier alpha value is -0.0800. The van der Waals surface area contributed by atoms with Crippen LogP contribution < -0.4 is 0 Å². The molecule has 1 saturated heterocycles. The van der Waals surface area contributed by atoms with Crippen molar-refractivity contribution < 1.29 is 9.47 Å². The Bertz CT molecular complexity index is 147. The molecule has 0 aromatic carbocycles. The lowest BCUT2D eigenvalue weighted by Crippen LogP contribution is -2.25. The summed E-state index contributed by atoms with van der Waals surface area (Å²) in [6.07, 6.45) is 7.63. The van der Waals surface area contributed by atoms with Gasteiger partial charge in [-0.3, -0.25) is 0 Å². The molecule has 1 aliphatic heterocycles. The van der Waals surface area contributed by atoms with Crippen LogP contribution in [0.5, 0.6) is 0 Å². The monoisotopic (exact) mass is 170 g/mol. The maximum Gasteiger partial charge on any atom is 0.110 e. The molecule has 2 heteroatoms. The SMILES string of the molecule is CCCCO[C@H]1CCC[C@H]2O[C@@H]12. The Labute approximate surface area is 74.2 Å². The van der Waals surface area contributed by atoms with E-state index in [1.807, 2.05) is 0 Å². The summed E-state index contributed by atoms with van der Waals surface area (Å²) in [5, 5.41) is 0. The molecule has 0 aromatic rings. The Morgan fingerprint density at radius 2 is 2.33 bits per heavy atom. The molecule has 2 aliphatic rings. The normalized spacial score (nSPS) is 39.2. The average Bonchev–Trinajstić information content (AvgIpc) is 2.84. The Balaban J connectivity index is 1.66. The number of ether oxygens (including phenoxy) is 2. The van der Waals surface area contributed by atoms with E-state index >= 15 is 0 Å². The van der Waals surface area contributed by atoms with Crippen molar-refractivity contribution in [2.75, 3.05) is 6.61 Å². The molecule has 12 heavy (non-hydrogen) atoms. The van der Waals surface area contributed by atoms with Gasteiger partial charge >= 0.3 is 0 Å². The molecular formula is C10H18O2. The van der Waals surface area contributed by atoms with Gasteiger partial charge in [-0.05, 0) is 25.7 Å². The maximum absolute atomic E-state index is 5.75. The van der Waals surface area contributed by atoms with Gasteiger partial charge in [0.2, 0.25) is 0 Å². The van der Waals surface area contributed by atoms with Gasteiger partial charge in [0.1, 0.15) is 6.10 Å². The van der Waals surface area contributed by atoms with Crippen molar-refractivity contribution in [3.05, 3.63) is 0 Å². The molecule has 1 heterocycles. The van der Waals surface area contributed by atoms with Crippen molar-refractivity contribution >= 4 is 0 Å². The second-order valence-corrected chi connectivity index (χ2v) is 3.83. The third kappa shape index (κ3) is 1.80. The minimum atomic E-state index is 0.426. The van der Waals surface area contributed by atoms with E-state index in [0.29, 0.717) is 18.3 Å².